The van der Waals surface area contributed by atoms with Crippen LogP contribution < -0.4 is 15.8 Å². The van der Waals surface area contributed by atoms with Gasteiger partial charge in [0.05, 0.1) is 4.90 Å². The molecule has 6 nitrogen and oxygen atoms in total. The zero-order chi connectivity index (χ0) is 19.9. The number of aryl methyl sites for hydroxylation is 1. The minimum atomic E-state index is -3.64. The zero-order valence-corrected chi connectivity index (χ0v) is 19.6. The largest absolute Gasteiger partial charge is 0.356 e. The van der Waals surface area contributed by atoms with E-state index in [1.165, 1.54) is 23.3 Å². The molecule has 2 aromatic rings. The molecule has 0 bridgehead atoms. The third-order valence-corrected chi connectivity index (χ3v) is 5.30. The van der Waals surface area contributed by atoms with Gasteiger partial charge in [-0.1, -0.05) is 48.9 Å². The fourth-order valence-electron chi connectivity index (χ4n) is 2.74. The first kappa shape index (κ1) is 24.4. The van der Waals surface area contributed by atoms with E-state index in [1.807, 2.05) is 0 Å². The highest BCUT2D eigenvalue weighted by molar-refractivity contribution is 14.0. The molecule has 2 aromatic carbocycles. The van der Waals surface area contributed by atoms with Crippen LogP contribution in [0.5, 0.6) is 0 Å². The number of halogens is 1. The molecule has 0 fully saturated rings. The van der Waals surface area contributed by atoms with E-state index >= 15 is 0 Å². The van der Waals surface area contributed by atoms with Crippen molar-refractivity contribution in [2.24, 2.45) is 10.1 Å². The molecule has 0 saturated carbocycles. The van der Waals surface area contributed by atoms with Crippen molar-refractivity contribution in [1.29, 1.82) is 0 Å². The molecule has 0 spiro atoms. The molecule has 2 rings (SSSR count). The fraction of sp³-hybridized carbons (Fsp3) is 0.350. The smallest absolute Gasteiger partial charge is 0.238 e. The van der Waals surface area contributed by atoms with Crippen LogP contribution in [0.1, 0.15) is 29.5 Å². The Hall–Kier alpha value is -1.65. The van der Waals surface area contributed by atoms with Crippen LogP contribution in [-0.2, 0) is 16.4 Å². The Labute approximate surface area is 185 Å². The molecule has 0 aliphatic carbocycles. The van der Waals surface area contributed by atoms with Gasteiger partial charge >= 0.3 is 0 Å². The van der Waals surface area contributed by atoms with Crippen molar-refractivity contribution in [3.63, 3.8) is 0 Å². The molecular weight excluding hydrogens is 487 g/mol. The van der Waals surface area contributed by atoms with Crippen molar-refractivity contribution in [3.8, 4) is 0 Å². The van der Waals surface area contributed by atoms with E-state index in [0.717, 1.165) is 24.5 Å². The number of primary sulfonamides is 1. The van der Waals surface area contributed by atoms with E-state index < -0.39 is 10.0 Å². The molecule has 0 aliphatic rings. The van der Waals surface area contributed by atoms with E-state index in [4.69, 9.17) is 5.14 Å². The SMILES string of the molecule is CN=C(NCCc1ccc(S(N)(=O)=O)cc1)NCC(C)c1cccc(C)c1.I. The van der Waals surface area contributed by atoms with Gasteiger partial charge in [0.15, 0.2) is 5.96 Å². The lowest BCUT2D eigenvalue weighted by Gasteiger charge is -2.17. The first-order chi connectivity index (χ1) is 12.8. The Morgan fingerprint density at radius 1 is 1.14 bits per heavy atom. The normalized spacial score (nSPS) is 12.8. The number of hydrogen-bond donors (Lipinski definition) is 3. The summed E-state index contributed by atoms with van der Waals surface area (Å²) in [5, 5.41) is 11.7. The molecule has 28 heavy (non-hydrogen) atoms. The molecule has 0 saturated heterocycles. The zero-order valence-electron chi connectivity index (χ0n) is 16.5. The van der Waals surface area contributed by atoms with Crippen LogP contribution in [0.3, 0.4) is 0 Å². The number of nitrogens with zero attached hydrogens (tertiary/aromatic N) is 1. The number of benzene rings is 2. The van der Waals surface area contributed by atoms with Crippen LogP contribution in [0, 0.1) is 6.92 Å². The Balaban J connectivity index is 0.00000392. The first-order valence-corrected chi connectivity index (χ1v) is 10.5. The molecule has 1 unspecified atom stereocenters. The van der Waals surface area contributed by atoms with Crippen molar-refractivity contribution in [3.05, 3.63) is 65.2 Å². The lowest BCUT2D eigenvalue weighted by atomic mass is 9.99. The summed E-state index contributed by atoms with van der Waals surface area (Å²) in [7, 11) is -1.90. The third-order valence-electron chi connectivity index (χ3n) is 4.37. The summed E-state index contributed by atoms with van der Waals surface area (Å²) in [4.78, 5) is 4.37. The van der Waals surface area contributed by atoms with E-state index in [9.17, 15) is 8.42 Å². The molecule has 0 aromatic heterocycles. The van der Waals surface area contributed by atoms with Gasteiger partial charge in [-0.05, 0) is 42.5 Å². The van der Waals surface area contributed by atoms with Crippen molar-refractivity contribution in [1.82, 2.24) is 10.6 Å². The van der Waals surface area contributed by atoms with Gasteiger partial charge in [-0.25, -0.2) is 13.6 Å². The fourth-order valence-corrected chi connectivity index (χ4v) is 3.25. The second-order valence-corrected chi connectivity index (χ2v) is 8.20. The van der Waals surface area contributed by atoms with Gasteiger partial charge < -0.3 is 10.6 Å². The van der Waals surface area contributed by atoms with Crippen molar-refractivity contribution < 1.29 is 8.42 Å². The van der Waals surface area contributed by atoms with Crippen molar-refractivity contribution in [2.75, 3.05) is 20.1 Å². The molecule has 0 radical (unpaired) electrons. The summed E-state index contributed by atoms with van der Waals surface area (Å²) in [5.74, 6) is 1.12. The van der Waals surface area contributed by atoms with Crippen molar-refractivity contribution in [2.45, 2.75) is 31.1 Å². The maximum absolute atomic E-state index is 11.3. The van der Waals surface area contributed by atoms with Gasteiger partial charge in [-0.2, -0.15) is 0 Å². The molecular formula is C20H29IN4O2S. The van der Waals surface area contributed by atoms with E-state index in [-0.39, 0.29) is 28.9 Å². The number of sulfonamides is 1. The van der Waals surface area contributed by atoms with E-state index in [1.54, 1.807) is 19.2 Å². The van der Waals surface area contributed by atoms with Gasteiger partial charge in [-0.15, -0.1) is 24.0 Å². The van der Waals surface area contributed by atoms with Gasteiger partial charge in [0.2, 0.25) is 10.0 Å². The number of nitrogens with one attached hydrogen (secondary N) is 2. The average Bonchev–Trinajstić information content (AvgIpc) is 2.64. The summed E-state index contributed by atoms with van der Waals surface area (Å²) in [6, 6.07) is 15.1. The maximum Gasteiger partial charge on any atom is 0.238 e. The van der Waals surface area contributed by atoms with Gasteiger partial charge in [0.25, 0.3) is 0 Å². The third kappa shape index (κ3) is 7.76. The monoisotopic (exact) mass is 516 g/mol. The number of nitrogens with two attached hydrogens (primary N) is 1. The molecule has 8 heteroatoms. The van der Waals surface area contributed by atoms with Crippen LogP contribution in [0.4, 0.5) is 0 Å². The molecule has 0 heterocycles. The van der Waals surface area contributed by atoms with Crippen LogP contribution in [0.25, 0.3) is 0 Å². The molecule has 4 N–H and O–H groups in total. The Morgan fingerprint density at radius 3 is 2.39 bits per heavy atom. The first-order valence-electron chi connectivity index (χ1n) is 8.92. The lowest BCUT2D eigenvalue weighted by Crippen LogP contribution is -2.39. The quantitative estimate of drug-likeness (QED) is 0.300. The Kier molecular flexibility index (Phi) is 9.91. The number of aliphatic imine (C=N–C) groups is 1. The van der Waals surface area contributed by atoms with Crippen LogP contribution in [-0.4, -0.2) is 34.5 Å². The van der Waals surface area contributed by atoms with Crippen LogP contribution in [0.2, 0.25) is 0 Å². The van der Waals surface area contributed by atoms with Gasteiger partial charge in [0.1, 0.15) is 0 Å². The Morgan fingerprint density at radius 2 is 1.82 bits per heavy atom. The summed E-state index contributed by atoms with van der Waals surface area (Å²) in [6.45, 7) is 5.75. The van der Waals surface area contributed by atoms with Gasteiger partial charge in [0, 0.05) is 20.1 Å². The molecule has 0 aliphatic heterocycles. The van der Waals surface area contributed by atoms with E-state index in [0.29, 0.717) is 12.5 Å². The second-order valence-electron chi connectivity index (χ2n) is 6.63. The maximum atomic E-state index is 11.3. The minimum Gasteiger partial charge on any atom is -0.356 e. The summed E-state index contributed by atoms with van der Waals surface area (Å²) >= 11 is 0. The standard InChI is InChI=1S/C20H28N4O2S.HI/c1-15-5-4-6-18(13-15)16(2)14-24-20(22-3)23-12-11-17-7-9-19(10-8-17)27(21,25)26;/h4-10,13,16H,11-12,14H2,1-3H3,(H2,21,25,26)(H2,22,23,24);1H. The summed E-state index contributed by atoms with van der Waals surface area (Å²) < 4.78 is 22.6. The second kappa shape index (κ2) is 11.4. The predicted molar refractivity (Wildman–Crippen MR) is 126 cm³/mol. The molecule has 154 valence electrons. The summed E-state index contributed by atoms with van der Waals surface area (Å²) in [5.41, 5.74) is 3.58. The topological polar surface area (TPSA) is 96.6 Å². The number of hydrogen-bond acceptors (Lipinski definition) is 3. The highest BCUT2D eigenvalue weighted by Crippen LogP contribution is 2.15. The highest BCUT2D eigenvalue weighted by atomic mass is 127. The Bertz CT molecular complexity index is 883. The predicted octanol–water partition coefficient (Wildman–Crippen LogP) is 2.77. The van der Waals surface area contributed by atoms with Crippen LogP contribution >= 0.6 is 24.0 Å². The lowest BCUT2D eigenvalue weighted by molar-refractivity contribution is 0.598. The molecule has 0 amide bonds. The van der Waals surface area contributed by atoms with Crippen LogP contribution in [0.15, 0.2) is 58.4 Å². The number of rotatable bonds is 7. The van der Waals surface area contributed by atoms with Gasteiger partial charge in [-0.3, -0.25) is 4.99 Å². The summed E-state index contributed by atoms with van der Waals surface area (Å²) in [6.07, 6.45) is 0.749. The highest BCUT2D eigenvalue weighted by Gasteiger charge is 2.08. The average molecular weight is 516 g/mol. The minimum absolute atomic E-state index is 0. The molecule has 1 atom stereocenters. The number of guanidine groups is 1. The van der Waals surface area contributed by atoms with E-state index in [2.05, 4.69) is 53.7 Å². The van der Waals surface area contributed by atoms with Crippen molar-refractivity contribution >= 4 is 40.0 Å².